The number of nitrogens with one attached hydrogen (secondary N) is 2. The average molecular weight is 498 g/mol. The quantitative estimate of drug-likeness (QED) is 0.340. The smallest absolute Gasteiger partial charge is 0.228 e. The first-order chi connectivity index (χ1) is 15.2. The van der Waals surface area contributed by atoms with Gasteiger partial charge in [0.05, 0.1) is 11.3 Å². The van der Waals surface area contributed by atoms with Gasteiger partial charge in [0.2, 0.25) is 11.8 Å². The summed E-state index contributed by atoms with van der Waals surface area (Å²) in [6.45, 7) is 3.80. The third kappa shape index (κ3) is 6.33. The number of rotatable bonds is 7. The SMILES string of the molecule is C[C@@](C(N)=O)(c1cccc(Cl)c1)C(C(=O)NCC1CCN(C(=N)N)CC1)C1CCCCC1.Cl. The van der Waals surface area contributed by atoms with E-state index in [2.05, 4.69) is 5.32 Å². The number of piperidine rings is 1. The van der Waals surface area contributed by atoms with Crippen molar-refractivity contribution in [3.05, 3.63) is 34.9 Å². The van der Waals surface area contributed by atoms with E-state index in [4.69, 9.17) is 28.5 Å². The number of carbonyl (C=O) groups excluding carboxylic acids is 2. The van der Waals surface area contributed by atoms with Crippen LogP contribution in [0.25, 0.3) is 0 Å². The summed E-state index contributed by atoms with van der Waals surface area (Å²) >= 11 is 6.24. The molecular weight excluding hydrogens is 461 g/mol. The van der Waals surface area contributed by atoms with Crippen LogP contribution in [0.4, 0.5) is 0 Å². The Balaban J connectivity index is 0.00000385. The molecule has 184 valence electrons. The van der Waals surface area contributed by atoms with E-state index >= 15 is 0 Å². The third-order valence-electron chi connectivity index (χ3n) is 7.48. The first-order valence-electron chi connectivity index (χ1n) is 11.7. The third-order valence-corrected chi connectivity index (χ3v) is 7.72. The highest BCUT2D eigenvalue weighted by Crippen LogP contribution is 2.43. The van der Waals surface area contributed by atoms with Gasteiger partial charge in [0.1, 0.15) is 0 Å². The summed E-state index contributed by atoms with van der Waals surface area (Å²) in [5.74, 6) is -0.626. The minimum absolute atomic E-state index is 0. The standard InChI is InChI=1S/C24H36ClN5O2.ClH/c1-24(22(26)32,18-8-5-9-19(25)14-18)20(17-6-3-2-4-7-17)21(31)29-15-16-10-12-30(13-11-16)23(27)28;/h5,8-9,14,16-17,20H,2-4,6-7,10-13,15H2,1H3,(H2,26,32)(H3,27,28)(H,29,31);1H/t20?,24-;/m1./s1. The molecule has 6 N–H and O–H groups in total. The number of hydrogen-bond acceptors (Lipinski definition) is 3. The predicted molar refractivity (Wildman–Crippen MR) is 135 cm³/mol. The number of guanidine groups is 1. The van der Waals surface area contributed by atoms with Crippen molar-refractivity contribution in [3.8, 4) is 0 Å². The van der Waals surface area contributed by atoms with Crippen LogP contribution in [0.2, 0.25) is 5.02 Å². The molecule has 0 aromatic heterocycles. The molecule has 0 bridgehead atoms. The van der Waals surface area contributed by atoms with Crippen molar-refractivity contribution in [2.75, 3.05) is 19.6 Å². The number of nitrogens with two attached hydrogens (primary N) is 2. The summed E-state index contributed by atoms with van der Waals surface area (Å²) in [4.78, 5) is 28.4. The van der Waals surface area contributed by atoms with Crippen LogP contribution in [0.5, 0.6) is 0 Å². The summed E-state index contributed by atoms with van der Waals surface area (Å²) in [6, 6.07) is 7.16. The summed E-state index contributed by atoms with van der Waals surface area (Å²) in [5.41, 5.74) is 11.1. The second kappa shape index (κ2) is 11.9. The highest BCUT2D eigenvalue weighted by molar-refractivity contribution is 6.30. The Morgan fingerprint density at radius 3 is 2.36 bits per heavy atom. The van der Waals surface area contributed by atoms with E-state index in [9.17, 15) is 9.59 Å². The Morgan fingerprint density at radius 2 is 1.82 bits per heavy atom. The molecule has 1 aliphatic carbocycles. The Hall–Kier alpha value is -1.99. The summed E-state index contributed by atoms with van der Waals surface area (Å²) in [6.07, 6.45) is 6.84. The zero-order chi connectivity index (χ0) is 23.3. The fourth-order valence-electron chi connectivity index (χ4n) is 5.43. The highest BCUT2D eigenvalue weighted by atomic mass is 35.5. The second-order valence-electron chi connectivity index (χ2n) is 9.51. The molecule has 33 heavy (non-hydrogen) atoms. The molecule has 2 fully saturated rings. The van der Waals surface area contributed by atoms with Crippen LogP contribution >= 0.6 is 24.0 Å². The van der Waals surface area contributed by atoms with Gasteiger partial charge in [-0.05, 0) is 62.1 Å². The maximum absolute atomic E-state index is 13.7. The highest BCUT2D eigenvalue weighted by Gasteiger charge is 2.49. The van der Waals surface area contributed by atoms with Crippen LogP contribution in [0.3, 0.4) is 0 Å². The zero-order valence-corrected chi connectivity index (χ0v) is 20.9. The molecule has 9 heteroatoms. The van der Waals surface area contributed by atoms with Crippen molar-refractivity contribution in [3.63, 3.8) is 0 Å². The van der Waals surface area contributed by atoms with Gasteiger partial charge in [-0.25, -0.2) is 0 Å². The molecule has 1 unspecified atom stereocenters. The van der Waals surface area contributed by atoms with Gasteiger partial charge in [-0.3, -0.25) is 15.0 Å². The molecule has 1 aliphatic heterocycles. The molecule has 1 saturated carbocycles. The Morgan fingerprint density at radius 1 is 1.18 bits per heavy atom. The predicted octanol–water partition coefficient (Wildman–Crippen LogP) is 3.42. The minimum atomic E-state index is -1.14. The fraction of sp³-hybridized carbons (Fsp3) is 0.625. The van der Waals surface area contributed by atoms with Crippen LogP contribution in [0.1, 0.15) is 57.4 Å². The molecule has 0 radical (unpaired) electrons. The first kappa shape index (κ1) is 27.3. The van der Waals surface area contributed by atoms with Gasteiger partial charge >= 0.3 is 0 Å². The summed E-state index contributed by atoms with van der Waals surface area (Å²) in [5, 5.41) is 11.3. The molecule has 1 aromatic rings. The van der Waals surface area contributed by atoms with Gasteiger partial charge in [0, 0.05) is 24.7 Å². The Kier molecular flexibility index (Phi) is 9.85. The number of benzene rings is 1. The summed E-state index contributed by atoms with van der Waals surface area (Å²) in [7, 11) is 0. The van der Waals surface area contributed by atoms with Gasteiger partial charge in [-0.1, -0.05) is 43.0 Å². The van der Waals surface area contributed by atoms with E-state index < -0.39 is 17.2 Å². The van der Waals surface area contributed by atoms with Crippen molar-refractivity contribution in [2.45, 2.75) is 57.3 Å². The lowest BCUT2D eigenvalue weighted by molar-refractivity contribution is -0.137. The molecule has 2 amide bonds. The van der Waals surface area contributed by atoms with Crippen molar-refractivity contribution < 1.29 is 9.59 Å². The van der Waals surface area contributed by atoms with E-state index in [1.165, 1.54) is 0 Å². The van der Waals surface area contributed by atoms with Gasteiger partial charge in [-0.2, -0.15) is 0 Å². The normalized spacial score (nSPS) is 20.2. The average Bonchev–Trinajstić information content (AvgIpc) is 2.78. The molecule has 1 saturated heterocycles. The fourth-order valence-corrected chi connectivity index (χ4v) is 5.62. The molecule has 0 spiro atoms. The Labute approximate surface area is 207 Å². The molecule has 1 aromatic carbocycles. The van der Waals surface area contributed by atoms with Gasteiger partial charge in [0.25, 0.3) is 0 Å². The van der Waals surface area contributed by atoms with Crippen molar-refractivity contribution in [1.82, 2.24) is 10.2 Å². The number of hydrogen-bond donors (Lipinski definition) is 4. The zero-order valence-electron chi connectivity index (χ0n) is 19.3. The maximum Gasteiger partial charge on any atom is 0.228 e. The van der Waals surface area contributed by atoms with Crippen LogP contribution < -0.4 is 16.8 Å². The second-order valence-corrected chi connectivity index (χ2v) is 9.95. The molecule has 3 rings (SSSR count). The molecule has 1 heterocycles. The monoisotopic (exact) mass is 497 g/mol. The number of amides is 2. The van der Waals surface area contributed by atoms with Crippen LogP contribution in [-0.4, -0.2) is 42.3 Å². The molecule has 7 nitrogen and oxygen atoms in total. The van der Waals surface area contributed by atoms with Crippen LogP contribution in [0.15, 0.2) is 24.3 Å². The van der Waals surface area contributed by atoms with Crippen molar-refractivity contribution >= 4 is 41.8 Å². The van der Waals surface area contributed by atoms with Crippen LogP contribution in [0, 0.1) is 23.2 Å². The van der Waals surface area contributed by atoms with E-state index in [1.807, 2.05) is 11.0 Å². The number of halogens is 2. The molecular formula is C24H37Cl2N5O2. The van der Waals surface area contributed by atoms with E-state index in [-0.39, 0.29) is 30.2 Å². The Bertz CT molecular complexity index is 838. The largest absolute Gasteiger partial charge is 0.370 e. The molecule has 2 atom stereocenters. The van der Waals surface area contributed by atoms with E-state index in [0.717, 1.165) is 58.0 Å². The number of likely N-dealkylation sites (tertiary alicyclic amines) is 1. The first-order valence-corrected chi connectivity index (χ1v) is 12.0. The minimum Gasteiger partial charge on any atom is -0.370 e. The van der Waals surface area contributed by atoms with E-state index in [0.29, 0.717) is 23.0 Å². The lowest BCUT2D eigenvalue weighted by atomic mass is 9.62. The lowest BCUT2D eigenvalue weighted by Gasteiger charge is -2.41. The van der Waals surface area contributed by atoms with Gasteiger partial charge in [-0.15, -0.1) is 12.4 Å². The number of carbonyl (C=O) groups is 2. The summed E-state index contributed by atoms with van der Waals surface area (Å²) < 4.78 is 0. The number of primary amides is 1. The van der Waals surface area contributed by atoms with Crippen LogP contribution in [-0.2, 0) is 15.0 Å². The van der Waals surface area contributed by atoms with E-state index in [1.54, 1.807) is 25.1 Å². The van der Waals surface area contributed by atoms with Crippen molar-refractivity contribution in [1.29, 1.82) is 5.41 Å². The lowest BCUT2D eigenvalue weighted by Crippen LogP contribution is -2.54. The van der Waals surface area contributed by atoms with Crippen molar-refractivity contribution in [2.24, 2.45) is 29.2 Å². The molecule has 2 aliphatic rings. The van der Waals surface area contributed by atoms with Gasteiger partial charge < -0.3 is 21.7 Å². The number of nitrogens with zero attached hydrogens (tertiary/aromatic N) is 1. The van der Waals surface area contributed by atoms with Gasteiger partial charge in [0.15, 0.2) is 5.96 Å². The maximum atomic E-state index is 13.7. The topological polar surface area (TPSA) is 125 Å².